The number of amidine groups is 1. The Hall–Kier alpha value is -1.66. The van der Waals surface area contributed by atoms with Crippen LogP contribution >= 0.6 is 11.3 Å². The van der Waals surface area contributed by atoms with Gasteiger partial charge in [-0.2, -0.15) is 0 Å². The van der Waals surface area contributed by atoms with E-state index in [9.17, 15) is 4.79 Å². The molecule has 1 aliphatic heterocycles. The number of carbonyl (C=O) groups is 1. The maximum absolute atomic E-state index is 11.9. The average Bonchev–Trinajstić information content (AvgIpc) is 2.77. The minimum atomic E-state index is -0.314. The molecule has 0 saturated carbocycles. The molecule has 22 heavy (non-hydrogen) atoms. The summed E-state index contributed by atoms with van der Waals surface area (Å²) in [5.74, 6) is 0.136. The molecule has 5 nitrogen and oxygen atoms in total. The van der Waals surface area contributed by atoms with Gasteiger partial charge in [0.1, 0.15) is 5.84 Å². The van der Waals surface area contributed by atoms with E-state index < -0.39 is 0 Å². The van der Waals surface area contributed by atoms with Crippen molar-refractivity contribution < 1.29 is 9.53 Å². The largest absolute Gasteiger partial charge is 0.463 e. The van der Waals surface area contributed by atoms with Crippen molar-refractivity contribution in [2.75, 3.05) is 13.2 Å². The van der Waals surface area contributed by atoms with Crippen molar-refractivity contribution in [3.05, 3.63) is 21.4 Å². The first-order valence-corrected chi connectivity index (χ1v) is 8.49. The lowest BCUT2D eigenvalue weighted by Gasteiger charge is -2.04. The van der Waals surface area contributed by atoms with E-state index in [1.54, 1.807) is 18.3 Å². The van der Waals surface area contributed by atoms with Crippen LogP contribution in [0.5, 0.6) is 0 Å². The second kappa shape index (κ2) is 8.10. The molecule has 0 saturated heterocycles. The normalized spacial score (nSPS) is 13.9. The van der Waals surface area contributed by atoms with E-state index in [0.29, 0.717) is 24.4 Å². The quantitative estimate of drug-likeness (QED) is 0.597. The summed E-state index contributed by atoms with van der Waals surface area (Å²) in [7, 11) is 0. The van der Waals surface area contributed by atoms with E-state index in [-0.39, 0.29) is 5.97 Å². The SMILES string of the molecule is CCOC(=O)C1=Cc2sc(CCCCCN)cc2N=C(N)C1. The van der Waals surface area contributed by atoms with E-state index in [1.165, 1.54) is 4.88 Å². The summed E-state index contributed by atoms with van der Waals surface area (Å²) in [6.07, 6.45) is 6.52. The topological polar surface area (TPSA) is 90.7 Å². The van der Waals surface area contributed by atoms with Crippen molar-refractivity contribution >= 4 is 34.9 Å². The van der Waals surface area contributed by atoms with Gasteiger partial charge in [-0.15, -0.1) is 11.3 Å². The van der Waals surface area contributed by atoms with Gasteiger partial charge in [0.25, 0.3) is 0 Å². The van der Waals surface area contributed by atoms with Crippen molar-refractivity contribution in [2.24, 2.45) is 16.5 Å². The molecule has 0 amide bonds. The third-order valence-corrected chi connectivity index (χ3v) is 4.53. The Morgan fingerprint density at radius 3 is 2.95 bits per heavy atom. The van der Waals surface area contributed by atoms with Gasteiger partial charge in [-0.05, 0) is 44.9 Å². The summed E-state index contributed by atoms with van der Waals surface area (Å²) >= 11 is 1.67. The molecule has 4 N–H and O–H groups in total. The number of nitrogens with two attached hydrogens (primary N) is 2. The molecule has 2 rings (SSSR count). The Kier molecular flexibility index (Phi) is 6.15. The molecule has 0 aliphatic carbocycles. The lowest BCUT2D eigenvalue weighted by Crippen LogP contribution is -2.16. The van der Waals surface area contributed by atoms with Gasteiger partial charge in [-0.1, -0.05) is 6.42 Å². The third-order valence-electron chi connectivity index (χ3n) is 3.40. The fourth-order valence-corrected chi connectivity index (χ4v) is 3.44. The van der Waals surface area contributed by atoms with E-state index in [4.69, 9.17) is 16.2 Å². The number of hydrogen-bond donors (Lipinski definition) is 2. The number of nitrogens with zero attached hydrogens (tertiary/aromatic N) is 1. The summed E-state index contributed by atoms with van der Waals surface area (Å²) in [5.41, 5.74) is 12.8. The van der Waals surface area contributed by atoms with Crippen LogP contribution in [0.4, 0.5) is 5.69 Å². The molecule has 0 spiro atoms. The molecular weight excluding hydrogens is 298 g/mol. The predicted molar refractivity (Wildman–Crippen MR) is 91.4 cm³/mol. The standard InChI is InChI=1S/C16H23N3O2S/c1-2-21-16(20)11-8-14-13(19-15(18)9-11)10-12(22-14)6-4-3-5-7-17/h8,10H,2-7,9,17H2,1H3,(H2,18,19). The van der Waals surface area contributed by atoms with Gasteiger partial charge < -0.3 is 16.2 Å². The van der Waals surface area contributed by atoms with Crippen LogP contribution in [-0.4, -0.2) is 25.0 Å². The van der Waals surface area contributed by atoms with Crippen molar-refractivity contribution in [1.82, 2.24) is 0 Å². The van der Waals surface area contributed by atoms with Crippen LogP contribution in [0.25, 0.3) is 6.08 Å². The Balaban J connectivity index is 2.15. The number of rotatable bonds is 7. The fraction of sp³-hybridized carbons (Fsp3) is 0.500. The highest BCUT2D eigenvalue weighted by Crippen LogP contribution is 2.35. The fourth-order valence-electron chi connectivity index (χ4n) is 2.33. The molecule has 120 valence electrons. The van der Waals surface area contributed by atoms with E-state index in [1.807, 2.05) is 6.08 Å². The monoisotopic (exact) mass is 321 g/mol. The smallest absolute Gasteiger partial charge is 0.334 e. The lowest BCUT2D eigenvalue weighted by molar-refractivity contribution is -0.138. The van der Waals surface area contributed by atoms with Crippen molar-refractivity contribution in [3.63, 3.8) is 0 Å². The van der Waals surface area contributed by atoms with Gasteiger partial charge >= 0.3 is 5.97 Å². The van der Waals surface area contributed by atoms with E-state index in [2.05, 4.69) is 11.1 Å². The molecule has 0 atom stereocenters. The average molecular weight is 321 g/mol. The molecule has 0 radical (unpaired) electrons. The Bertz CT molecular complexity index is 590. The van der Waals surface area contributed by atoms with Gasteiger partial charge in [0.15, 0.2) is 0 Å². The summed E-state index contributed by atoms with van der Waals surface area (Å²) < 4.78 is 5.07. The third kappa shape index (κ3) is 4.42. The highest BCUT2D eigenvalue weighted by atomic mass is 32.1. The Labute approximate surface area is 135 Å². The van der Waals surface area contributed by atoms with Crippen LogP contribution < -0.4 is 11.5 Å². The zero-order valence-corrected chi connectivity index (χ0v) is 13.7. The minimum Gasteiger partial charge on any atom is -0.463 e. The first-order chi connectivity index (χ1) is 10.6. The van der Waals surface area contributed by atoms with Crippen LogP contribution in [0.2, 0.25) is 0 Å². The van der Waals surface area contributed by atoms with Crippen LogP contribution in [0, 0.1) is 0 Å². The van der Waals surface area contributed by atoms with E-state index in [0.717, 1.165) is 42.8 Å². The van der Waals surface area contributed by atoms with Crippen LogP contribution in [0.1, 0.15) is 42.4 Å². The number of fused-ring (bicyclic) bond motifs is 1. The predicted octanol–water partition coefficient (Wildman–Crippen LogP) is 2.76. The molecule has 6 heteroatoms. The second-order valence-corrected chi connectivity index (χ2v) is 6.40. The maximum Gasteiger partial charge on any atom is 0.334 e. The van der Waals surface area contributed by atoms with Gasteiger partial charge in [-0.3, -0.25) is 0 Å². The highest BCUT2D eigenvalue weighted by molar-refractivity contribution is 7.13. The zero-order chi connectivity index (χ0) is 15.9. The zero-order valence-electron chi connectivity index (χ0n) is 12.9. The maximum atomic E-state index is 11.9. The van der Waals surface area contributed by atoms with Crippen LogP contribution in [-0.2, 0) is 16.0 Å². The highest BCUT2D eigenvalue weighted by Gasteiger charge is 2.18. The van der Waals surface area contributed by atoms with Crippen LogP contribution in [0.3, 0.4) is 0 Å². The lowest BCUT2D eigenvalue weighted by atomic mass is 10.1. The summed E-state index contributed by atoms with van der Waals surface area (Å²) in [6, 6.07) is 2.07. The molecule has 0 aromatic carbocycles. The number of hydrogen-bond acceptors (Lipinski definition) is 6. The van der Waals surface area contributed by atoms with Crippen molar-refractivity contribution in [3.8, 4) is 0 Å². The Morgan fingerprint density at radius 1 is 1.41 bits per heavy atom. The van der Waals surface area contributed by atoms with E-state index >= 15 is 0 Å². The molecule has 0 unspecified atom stereocenters. The number of esters is 1. The second-order valence-electron chi connectivity index (χ2n) is 5.23. The van der Waals surface area contributed by atoms with Crippen LogP contribution in [0.15, 0.2) is 16.6 Å². The summed E-state index contributed by atoms with van der Waals surface area (Å²) in [4.78, 5) is 18.6. The van der Waals surface area contributed by atoms with Gasteiger partial charge in [0.05, 0.1) is 17.2 Å². The Morgan fingerprint density at radius 2 is 2.23 bits per heavy atom. The number of carbonyl (C=O) groups excluding carboxylic acids is 1. The van der Waals surface area contributed by atoms with Gasteiger partial charge in [-0.25, -0.2) is 9.79 Å². The van der Waals surface area contributed by atoms with Gasteiger partial charge in [0.2, 0.25) is 0 Å². The van der Waals surface area contributed by atoms with Crippen molar-refractivity contribution in [1.29, 1.82) is 0 Å². The summed E-state index contributed by atoms with van der Waals surface area (Å²) in [5, 5.41) is 0. The molecule has 0 fully saturated rings. The minimum absolute atomic E-state index is 0.314. The molecule has 2 heterocycles. The summed E-state index contributed by atoms with van der Waals surface area (Å²) in [6.45, 7) is 2.90. The molecule has 1 aromatic rings. The number of thiophene rings is 1. The first-order valence-electron chi connectivity index (χ1n) is 7.67. The number of aryl methyl sites for hydroxylation is 1. The molecular formula is C16H23N3O2S. The molecule has 1 aromatic heterocycles. The molecule has 1 aliphatic rings. The van der Waals surface area contributed by atoms with Crippen molar-refractivity contribution in [2.45, 2.75) is 39.0 Å². The first kappa shape index (κ1) is 16.7. The number of aliphatic imine (C=N–C) groups is 1. The molecule has 0 bridgehead atoms. The number of ether oxygens (including phenoxy) is 1. The van der Waals surface area contributed by atoms with Gasteiger partial charge in [0, 0.05) is 16.9 Å². The number of unbranched alkanes of at least 4 members (excludes halogenated alkanes) is 2.